The minimum Gasteiger partial charge on any atom is -0.357 e. The van der Waals surface area contributed by atoms with Gasteiger partial charge in [0.1, 0.15) is 0 Å². The molecule has 1 atom stereocenters. The maximum absolute atomic E-state index is 11.7. The Hall–Kier alpha value is -1.26. The molecule has 0 spiro atoms. The van der Waals surface area contributed by atoms with Gasteiger partial charge in [-0.2, -0.15) is 0 Å². The highest BCUT2D eigenvalue weighted by atomic mass is 16.2. The molecule has 2 N–H and O–H groups in total. The smallest absolute Gasteiger partial charge is 0.222 e. The lowest BCUT2D eigenvalue weighted by Gasteiger charge is -2.19. The van der Waals surface area contributed by atoms with Crippen LogP contribution in [-0.2, 0) is 4.79 Å². The monoisotopic (exact) mass is 294 g/mol. The van der Waals surface area contributed by atoms with Crippen LogP contribution < -0.4 is 10.6 Å². The molecule has 0 aromatic carbocycles. The average Bonchev–Trinajstić information content (AvgIpc) is 3.15. The third-order valence-electron chi connectivity index (χ3n) is 4.51. The Morgan fingerprint density at radius 1 is 1.24 bits per heavy atom. The number of carbonyl (C=O) groups is 1. The summed E-state index contributed by atoms with van der Waals surface area (Å²) < 4.78 is 0. The molecule has 0 bridgehead atoms. The Morgan fingerprint density at radius 2 is 2.00 bits per heavy atom. The second-order valence-electron chi connectivity index (χ2n) is 6.19. The molecular formula is C16H30N4O. The number of guanidine groups is 1. The second kappa shape index (κ2) is 8.25. The van der Waals surface area contributed by atoms with Crippen molar-refractivity contribution in [1.29, 1.82) is 0 Å². The van der Waals surface area contributed by atoms with Gasteiger partial charge in [0.15, 0.2) is 5.96 Å². The molecule has 1 unspecified atom stereocenters. The quantitative estimate of drug-likeness (QED) is 0.600. The van der Waals surface area contributed by atoms with E-state index in [0.717, 1.165) is 44.5 Å². The standard InChI is InChI=1S/C16H30N4O/c1-3-15(21)20-10-9-14(12-20)19-16(17-4-2)18-11-13-7-5-6-8-13/h13-14H,3-12H2,1-2H3,(H2,17,18,19). The molecule has 21 heavy (non-hydrogen) atoms. The number of amides is 1. The molecule has 1 amide bonds. The van der Waals surface area contributed by atoms with Crippen LogP contribution in [0.25, 0.3) is 0 Å². The number of aliphatic imine (C=N–C) groups is 1. The largest absolute Gasteiger partial charge is 0.357 e. The molecule has 5 nitrogen and oxygen atoms in total. The minimum absolute atomic E-state index is 0.257. The number of rotatable bonds is 5. The maximum atomic E-state index is 11.7. The van der Waals surface area contributed by atoms with Crippen LogP contribution in [0.2, 0.25) is 0 Å². The van der Waals surface area contributed by atoms with E-state index >= 15 is 0 Å². The van der Waals surface area contributed by atoms with Crippen molar-refractivity contribution >= 4 is 11.9 Å². The number of nitrogens with one attached hydrogen (secondary N) is 2. The lowest BCUT2D eigenvalue weighted by Crippen LogP contribution is -2.45. The zero-order chi connectivity index (χ0) is 15.1. The highest BCUT2D eigenvalue weighted by molar-refractivity contribution is 5.80. The summed E-state index contributed by atoms with van der Waals surface area (Å²) >= 11 is 0. The predicted molar refractivity (Wildman–Crippen MR) is 86.3 cm³/mol. The number of carbonyl (C=O) groups excluding carboxylic acids is 1. The molecule has 120 valence electrons. The summed E-state index contributed by atoms with van der Waals surface area (Å²) in [6.07, 6.45) is 6.99. The van der Waals surface area contributed by atoms with Crippen LogP contribution in [0.15, 0.2) is 4.99 Å². The van der Waals surface area contributed by atoms with Gasteiger partial charge < -0.3 is 15.5 Å². The first-order chi connectivity index (χ1) is 10.2. The lowest BCUT2D eigenvalue weighted by atomic mass is 10.1. The molecule has 5 heteroatoms. The van der Waals surface area contributed by atoms with Gasteiger partial charge in [-0.3, -0.25) is 9.79 Å². The Bertz CT molecular complexity index is 363. The summed E-state index contributed by atoms with van der Waals surface area (Å²) in [6, 6.07) is 0.335. The van der Waals surface area contributed by atoms with Crippen LogP contribution in [0.4, 0.5) is 0 Å². The predicted octanol–water partition coefficient (Wildman–Crippen LogP) is 1.74. The van der Waals surface area contributed by atoms with Crippen molar-refractivity contribution in [2.24, 2.45) is 10.9 Å². The van der Waals surface area contributed by atoms with Gasteiger partial charge in [-0.15, -0.1) is 0 Å². The fourth-order valence-corrected chi connectivity index (χ4v) is 3.25. The molecular weight excluding hydrogens is 264 g/mol. The van der Waals surface area contributed by atoms with Gasteiger partial charge in [0.2, 0.25) is 5.91 Å². The van der Waals surface area contributed by atoms with E-state index in [4.69, 9.17) is 4.99 Å². The van der Waals surface area contributed by atoms with E-state index in [0.29, 0.717) is 12.5 Å². The molecule has 1 heterocycles. The van der Waals surface area contributed by atoms with Crippen molar-refractivity contribution in [2.75, 3.05) is 26.2 Å². The van der Waals surface area contributed by atoms with E-state index in [9.17, 15) is 4.79 Å². The SMILES string of the molecule is CCNC(=NCC1CCCC1)NC1CCN(C(=O)CC)C1. The minimum atomic E-state index is 0.257. The first-order valence-electron chi connectivity index (χ1n) is 8.55. The summed E-state index contributed by atoms with van der Waals surface area (Å²) in [7, 11) is 0. The molecule has 1 aliphatic carbocycles. The Balaban J connectivity index is 1.81. The summed E-state index contributed by atoms with van der Waals surface area (Å²) in [5, 5.41) is 6.82. The zero-order valence-corrected chi connectivity index (χ0v) is 13.5. The van der Waals surface area contributed by atoms with Gasteiger partial charge in [-0.05, 0) is 32.1 Å². The van der Waals surface area contributed by atoms with Crippen molar-refractivity contribution in [2.45, 2.75) is 58.4 Å². The molecule has 1 saturated heterocycles. The van der Waals surface area contributed by atoms with E-state index in [1.807, 2.05) is 11.8 Å². The molecule has 0 aromatic rings. The first-order valence-corrected chi connectivity index (χ1v) is 8.55. The van der Waals surface area contributed by atoms with Crippen LogP contribution in [0.3, 0.4) is 0 Å². The molecule has 2 aliphatic rings. The number of hydrogen-bond donors (Lipinski definition) is 2. The third-order valence-corrected chi connectivity index (χ3v) is 4.51. The fraction of sp³-hybridized carbons (Fsp3) is 0.875. The van der Waals surface area contributed by atoms with E-state index in [1.165, 1.54) is 25.7 Å². The molecule has 0 radical (unpaired) electrons. The molecule has 2 fully saturated rings. The van der Waals surface area contributed by atoms with Crippen molar-refractivity contribution in [3.63, 3.8) is 0 Å². The highest BCUT2D eigenvalue weighted by Crippen LogP contribution is 2.24. The summed E-state index contributed by atoms with van der Waals surface area (Å²) in [5.41, 5.74) is 0. The molecule has 1 saturated carbocycles. The van der Waals surface area contributed by atoms with Gasteiger partial charge >= 0.3 is 0 Å². The zero-order valence-electron chi connectivity index (χ0n) is 13.5. The van der Waals surface area contributed by atoms with Crippen LogP contribution in [0, 0.1) is 5.92 Å². The Labute approximate surface area is 128 Å². The molecule has 0 aromatic heterocycles. The third kappa shape index (κ3) is 4.90. The Kier molecular flexibility index (Phi) is 6.33. The van der Waals surface area contributed by atoms with Gasteiger partial charge in [0.25, 0.3) is 0 Å². The van der Waals surface area contributed by atoms with Gasteiger partial charge in [0, 0.05) is 38.6 Å². The summed E-state index contributed by atoms with van der Waals surface area (Å²) in [4.78, 5) is 18.4. The fourth-order valence-electron chi connectivity index (χ4n) is 3.25. The van der Waals surface area contributed by atoms with Crippen LogP contribution in [0.5, 0.6) is 0 Å². The van der Waals surface area contributed by atoms with Crippen molar-refractivity contribution < 1.29 is 4.79 Å². The second-order valence-corrected chi connectivity index (χ2v) is 6.19. The highest BCUT2D eigenvalue weighted by Gasteiger charge is 2.25. The maximum Gasteiger partial charge on any atom is 0.222 e. The summed E-state index contributed by atoms with van der Waals surface area (Å²) in [5.74, 6) is 1.94. The average molecular weight is 294 g/mol. The van der Waals surface area contributed by atoms with Crippen molar-refractivity contribution in [3.8, 4) is 0 Å². The first kappa shape index (κ1) is 16.1. The van der Waals surface area contributed by atoms with Gasteiger partial charge in [-0.1, -0.05) is 19.8 Å². The lowest BCUT2D eigenvalue weighted by molar-refractivity contribution is -0.129. The van der Waals surface area contributed by atoms with Crippen LogP contribution in [0.1, 0.15) is 52.4 Å². The van der Waals surface area contributed by atoms with E-state index in [1.54, 1.807) is 0 Å². The van der Waals surface area contributed by atoms with Crippen molar-refractivity contribution in [1.82, 2.24) is 15.5 Å². The number of likely N-dealkylation sites (tertiary alicyclic amines) is 1. The van der Waals surface area contributed by atoms with E-state index in [-0.39, 0.29) is 5.91 Å². The Morgan fingerprint density at radius 3 is 2.67 bits per heavy atom. The van der Waals surface area contributed by atoms with Crippen molar-refractivity contribution in [3.05, 3.63) is 0 Å². The summed E-state index contributed by atoms with van der Waals surface area (Å²) in [6.45, 7) is 7.50. The normalized spacial score (nSPS) is 23.6. The van der Waals surface area contributed by atoms with E-state index < -0.39 is 0 Å². The molecule has 2 rings (SSSR count). The van der Waals surface area contributed by atoms with Gasteiger partial charge in [0.05, 0.1) is 0 Å². The number of nitrogens with zero attached hydrogens (tertiary/aromatic N) is 2. The van der Waals surface area contributed by atoms with Gasteiger partial charge in [-0.25, -0.2) is 0 Å². The van der Waals surface area contributed by atoms with Crippen LogP contribution in [-0.4, -0.2) is 49.0 Å². The van der Waals surface area contributed by atoms with Crippen LogP contribution >= 0.6 is 0 Å². The van der Waals surface area contributed by atoms with E-state index in [2.05, 4.69) is 17.6 Å². The molecule has 1 aliphatic heterocycles. The number of hydrogen-bond acceptors (Lipinski definition) is 2. The topological polar surface area (TPSA) is 56.7 Å².